The van der Waals surface area contributed by atoms with E-state index in [-0.39, 0.29) is 5.91 Å². The van der Waals surface area contributed by atoms with Crippen LogP contribution in [0.3, 0.4) is 0 Å². The number of hydrogen-bond donors (Lipinski definition) is 1. The van der Waals surface area contributed by atoms with Crippen LogP contribution in [0.2, 0.25) is 0 Å². The fraction of sp³-hybridized carbons (Fsp3) is 0.364. The molecule has 0 saturated heterocycles. The minimum absolute atomic E-state index is 0.0265. The second kappa shape index (κ2) is 3.33. The Labute approximate surface area is 83.1 Å². The average Bonchev–Trinajstić information content (AvgIpc) is 2.99. The summed E-state index contributed by atoms with van der Waals surface area (Å²) in [7, 11) is 1.64. The molecule has 1 aliphatic rings. The van der Waals surface area contributed by atoms with Crippen molar-refractivity contribution in [1.29, 1.82) is 0 Å². The van der Waals surface area contributed by atoms with Gasteiger partial charge in [0.25, 0.3) is 5.91 Å². The van der Waals surface area contributed by atoms with Gasteiger partial charge in [-0.1, -0.05) is 18.2 Å². The first-order valence-corrected chi connectivity index (χ1v) is 4.73. The van der Waals surface area contributed by atoms with Crippen LogP contribution in [0.15, 0.2) is 30.3 Å². The minimum Gasteiger partial charge on any atom is -0.477 e. The van der Waals surface area contributed by atoms with Gasteiger partial charge in [0.2, 0.25) is 0 Å². The number of likely N-dealkylation sites (N-methyl/N-ethyl adjacent to an activating group) is 1. The molecule has 1 N–H and O–H groups in total. The van der Waals surface area contributed by atoms with Gasteiger partial charge < -0.3 is 10.1 Å². The van der Waals surface area contributed by atoms with Crippen LogP contribution in [-0.2, 0) is 4.79 Å². The highest BCUT2D eigenvalue weighted by Gasteiger charge is 2.52. The number of carbonyl (C=O) groups is 1. The second-order valence-electron chi connectivity index (χ2n) is 3.49. The maximum atomic E-state index is 11.5. The van der Waals surface area contributed by atoms with Crippen molar-refractivity contribution in [2.75, 3.05) is 7.05 Å². The molecule has 0 heterocycles. The van der Waals surface area contributed by atoms with Crippen LogP contribution in [-0.4, -0.2) is 18.6 Å². The fourth-order valence-electron chi connectivity index (χ4n) is 1.43. The lowest BCUT2D eigenvalue weighted by molar-refractivity contribution is -0.129. The summed E-state index contributed by atoms with van der Waals surface area (Å²) < 4.78 is 5.65. The Balaban J connectivity index is 2.08. The number of amides is 1. The number of ether oxygens (including phenoxy) is 1. The quantitative estimate of drug-likeness (QED) is 0.783. The lowest BCUT2D eigenvalue weighted by Gasteiger charge is -2.15. The van der Waals surface area contributed by atoms with Crippen molar-refractivity contribution in [1.82, 2.24) is 5.32 Å². The molecule has 1 saturated carbocycles. The van der Waals surface area contributed by atoms with Gasteiger partial charge in [0.15, 0.2) is 5.60 Å². The number of benzene rings is 1. The fourth-order valence-corrected chi connectivity index (χ4v) is 1.43. The third kappa shape index (κ3) is 1.58. The van der Waals surface area contributed by atoms with Gasteiger partial charge in [-0.2, -0.15) is 0 Å². The molecule has 1 aliphatic carbocycles. The summed E-state index contributed by atoms with van der Waals surface area (Å²) in [5.74, 6) is 0.731. The Morgan fingerprint density at radius 1 is 1.36 bits per heavy atom. The summed E-state index contributed by atoms with van der Waals surface area (Å²) in [6.07, 6.45) is 1.61. The van der Waals surface area contributed by atoms with Crippen LogP contribution in [0, 0.1) is 0 Å². The van der Waals surface area contributed by atoms with Crippen molar-refractivity contribution in [3.8, 4) is 5.75 Å². The van der Waals surface area contributed by atoms with Gasteiger partial charge in [-0.05, 0) is 12.1 Å². The maximum Gasteiger partial charge on any atom is 0.263 e. The number of carbonyl (C=O) groups excluding carboxylic acids is 1. The van der Waals surface area contributed by atoms with Gasteiger partial charge in [0.05, 0.1) is 0 Å². The lowest BCUT2D eigenvalue weighted by Crippen LogP contribution is -2.38. The van der Waals surface area contributed by atoms with Crippen LogP contribution in [0.1, 0.15) is 12.8 Å². The molecule has 14 heavy (non-hydrogen) atoms. The van der Waals surface area contributed by atoms with Crippen LogP contribution < -0.4 is 10.1 Å². The zero-order valence-corrected chi connectivity index (χ0v) is 8.12. The van der Waals surface area contributed by atoms with E-state index in [1.165, 1.54) is 0 Å². The zero-order chi connectivity index (χ0) is 10.0. The highest BCUT2D eigenvalue weighted by Crippen LogP contribution is 2.40. The summed E-state index contributed by atoms with van der Waals surface area (Å²) in [4.78, 5) is 11.5. The Bertz CT molecular complexity index is 330. The smallest absolute Gasteiger partial charge is 0.263 e. The number of nitrogens with one attached hydrogen (secondary N) is 1. The first-order chi connectivity index (χ1) is 6.77. The van der Waals surface area contributed by atoms with Crippen molar-refractivity contribution < 1.29 is 9.53 Å². The standard InChI is InChI=1S/C11H13NO2/c1-12-10(13)11(7-8-11)14-9-5-3-2-4-6-9/h2-6H,7-8H2,1H3,(H,12,13). The van der Waals surface area contributed by atoms with Crippen LogP contribution in [0.25, 0.3) is 0 Å². The first-order valence-electron chi connectivity index (χ1n) is 4.73. The molecule has 1 aromatic rings. The molecule has 74 valence electrons. The van der Waals surface area contributed by atoms with Gasteiger partial charge in [0, 0.05) is 19.9 Å². The lowest BCUT2D eigenvalue weighted by atomic mass is 10.3. The van der Waals surface area contributed by atoms with E-state index >= 15 is 0 Å². The number of hydrogen-bond acceptors (Lipinski definition) is 2. The van der Waals surface area contributed by atoms with Crippen LogP contribution >= 0.6 is 0 Å². The number of rotatable bonds is 3. The first kappa shape index (κ1) is 9.06. The Morgan fingerprint density at radius 2 is 2.00 bits per heavy atom. The molecule has 2 rings (SSSR count). The molecule has 0 aromatic heterocycles. The highest BCUT2D eigenvalue weighted by molar-refractivity contribution is 5.88. The summed E-state index contributed by atoms with van der Waals surface area (Å²) in [6.45, 7) is 0. The molecule has 0 atom stereocenters. The van der Waals surface area contributed by atoms with Gasteiger partial charge in [-0.15, -0.1) is 0 Å². The summed E-state index contributed by atoms with van der Waals surface area (Å²) in [6, 6.07) is 9.45. The van der Waals surface area contributed by atoms with Gasteiger partial charge in [-0.25, -0.2) is 0 Å². The minimum atomic E-state index is -0.587. The molecule has 1 amide bonds. The highest BCUT2D eigenvalue weighted by atomic mass is 16.5. The SMILES string of the molecule is CNC(=O)C1(Oc2ccccc2)CC1. The largest absolute Gasteiger partial charge is 0.477 e. The van der Waals surface area contributed by atoms with E-state index in [9.17, 15) is 4.79 Å². The molecule has 0 radical (unpaired) electrons. The zero-order valence-electron chi connectivity index (χ0n) is 8.12. The molecule has 1 aromatic carbocycles. The summed E-state index contributed by atoms with van der Waals surface area (Å²) >= 11 is 0. The third-order valence-corrected chi connectivity index (χ3v) is 2.40. The molecular formula is C11H13NO2. The van der Waals surface area contributed by atoms with Gasteiger partial charge in [-0.3, -0.25) is 4.79 Å². The molecule has 3 nitrogen and oxygen atoms in total. The van der Waals surface area contributed by atoms with Crippen molar-refractivity contribution in [3.63, 3.8) is 0 Å². The van der Waals surface area contributed by atoms with E-state index in [0.717, 1.165) is 18.6 Å². The third-order valence-electron chi connectivity index (χ3n) is 2.40. The van der Waals surface area contributed by atoms with Crippen molar-refractivity contribution in [2.45, 2.75) is 18.4 Å². The molecule has 1 fully saturated rings. The van der Waals surface area contributed by atoms with E-state index in [0.29, 0.717) is 0 Å². The van der Waals surface area contributed by atoms with E-state index in [1.54, 1.807) is 7.05 Å². The maximum absolute atomic E-state index is 11.5. The van der Waals surface area contributed by atoms with Crippen LogP contribution in [0.4, 0.5) is 0 Å². The molecular weight excluding hydrogens is 178 g/mol. The van der Waals surface area contributed by atoms with Gasteiger partial charge in [0.1, 0.15) is 5.75 Å². The van der Waals surface area contributed by atoms with Crippen molar-refractivity contribution in [2.24, 2.45) is 0 Å². The molecule has 0 spiro atoms. The molecule has 3 heteroatoms. The topological polar surface area (TPSA) is 38.3 Å². The second-order valence-corrected chi connectivity index (χ2v) is 3.49. The molecule has 0 aliphatic heterocycles. The molecule has 0 unspecified atom stereocenters. The predicted molar refractivity (Wildman–Crippen MR) is 53.1 cm³/mol. The average molecular weight is 191 g/mol. The van der Waals surface area contributed by atoms with E-state index in [1.807, 2.05) is 30.3 Å². The molecule has 0 bridgehead atoms. The monoisotopic (exact) mass is 191 g/mol. The Hall–Kier alpha value is -1.51. The Morgan fingerprint density at radius 3 is 2.50 bits per heavy atom. The van der Waals surface area contributed by atoms with Crippen molar-refractivity contribution in [3.05, 3.63) is 30.3 Å². The predicted octanol–water partition coefficient (Wildman–Crippen LogP) is 1.34. The van der Waals surface area contributed by atoms with Gasteiger partial charge >= 0.3 is 0 Å². The normalized spacial score (nSPS) is 17.2. The van der Waals surface area contributed by atoms with Crippen LogP contribution in [0.5, 0.6) is 5.75 Å². The van der Waals surface area contributed by atoms with E-state index < -0.39 is 5.60 Å². The van der Waals surface area contributed by atoms with E-state index in [2.05, 4.69) is 5.32 Å². The summed E-state index contributed by atoms with van der Waals surface area (Å²) in [5.41, 5.74) is -0.587. The Kier molecular flexibility index (Phi) is 2.15. The van der Waals surface area contributed by atoms with Crippen molar-refractivity contribution >= 4 is 5.91 Å². The summed E-state index contributed by atoms with van der Waals surface area (Å²) in [5, 5.41) is 2.62. The van der Waals surface area contributed by atoms with E-state index in [4.69, 9.17) is 4.74 Å². The number of para-hydroxylation sites is 1.